The summed E-state index contributed by atoms with van der Waals surface area (Å²) in [7, 11) is -2.96. The third-order valence-corrected chi connectivity index (χ3v) is 5.72. The van der Waals surface area contributed by atoms with Crippen molar-refractivity contribution in [1.29, 1.82) is 0 Å². The molecule has 2 aromatic rings. The summed E-state index contributed by atoms with van der Waals surface area (Å²) in [6.07, 6.45) is 3.89. The Bertz CT molecular complexity index is 784. The monoisotopic (exact) mass is 348 g/mol. The van der Waals surface area contributed by atoms with Gasteiger partial charge in [-0.25, -0.2) is 8.42 Å². The van der Waals surface area contributed by atoms with Gasteiger partial charge in [0.15, 0.2) is 15.7 Å². The van der Waals surface area contributed by atoms with Crippen molar-refractivity contribution in [1.82, 2.24) is 20.2 Å². The van der Waals surface area contributed by atoms with Crippen LogP contribution in [0, 0.1) is 0 Å². The van der Waals surface area contributed by atoms with E-state index in [2.05, 4.69) is 25.5 Å². The maximum absolute atomic E-state index is 11.7. The Kier molecular flexibility index (Phi) is 4.89. The van der Waals surface area contributed by atoms with Gasteiger partial charge in [0.05, 0.1) is 29.9 Å². The minimum atomic E-state index is -2.96. The minimum absolute atomic E-state index is 0.0900. The Morgan fingerprint density at radius 1 is 1.38 bits per heavy atom. The molecule has 3 heterocycles. The number of rotatable bonds is 6. The molecule has 2 aromatic heterocycles. The molecule has 3 rings (SSSR count). The molecule has 0 bridgehead atoms. The predicted molar refractivity (Wildman–Crippen MR) is 91.5 cm³/mol. The van der Waals surface area contributed by atoms with Crippen LogP contribution in [0.15, 0.2) is 30.6 Å². The number of hydrogen-bond acceptors (Lipinski definition) is 8. The molecule has 1 aliphatic rings. The summed E-state index contributed by atoms with van der Waals surface area (Å²) in [4.78, 5) is 10.6. The van der Waals surface area contributed by atoms with Gasteiger partial charge in [-0.2, -0.15) is 10.1 Å². The molecule has 9 heteroatoms. The Morgan fingerprint density at radius 3 is 2.92 bits per heavy atom. The maximum Gasteiger partial charge on any atom is 0.247 e. The van der Waals surface area contributed by atoms with E-state index >= 15 is 0 Å². The first-order chi connectivity index (χ1) is 11.6. The van der Waals surface area contributed by atoms with Crippen molar-refractivity contribution < 1.29 is 8.42 Å². The maximum atomic E-state index is 11.7. The van der Waals surface area contributed by atoms with Gasteiger partial charge in [-0.1, -0.05) is 6.07 Å². The van der Waals surface area contributed by atoms with Gasteiger partial charge in [-0.15, -0.1) is 5.10 Å². The predicted octanol–water partition coefficient (Wildman–Crippen LogP) is 0.892. The number of aromatic nitrogens is 4. The molecule has 1 unspecified atom stereocenters. The molecule has 0 aliphatic carbocycles. The fourth-order valence-electron chi connectivity index (χ4n) is 2.77. The number of nitrogens with one attached hydrogen (secondary N) is 1. The molecule has 0 spiro atoms. The lowest BCUT2D eigenvalue weighted by Crippen LogP contribution is -2.37. The number of anilines is 2. The zero-order chi connectivity index (χ0) is 17.0. The third kappa shape index (κ3) is 3.97. The van der Waals surface area contributed by atoms with Crippen molar-refractivity contribution in [2.45, 2.75) is 25.9 Å². The van der Waals surface area contributed by atoms with Crippen LogP contribution >= 0.6 is 0 Å². The number of sulfone groups is 1. The topological polar surface area (TPSA) is 101 Å². The number of pyridine rings is 1. The Morgan fingerprint density at radius 2 is 2.25 bits per heavy atom. The van der Waals surface area contributed by atoms with Crippen LogP contribution in [0.5, 0.6) is 0 Å². The fraction of sp³-hybridized carbons (Fsp3) is 0.467. The number of nitrogens with zero attached hydrogens (tertiary/aromatic N) is 5. The molecular weight excluding hydrogens is 328 g/mol. The molecule has 1 N–H and O–H groups in total. The molecule has 0 saturated carbocycles. The summed E-state index contributed by atoms with van der Waals surface area (Å²) in [5.41, 5.74) is 0.895. The first-order valence-electron chi connectivity index (χ1n) is 7.88. The highest BCUT2D eigenvalue weighted by Gasteiger charge is 2.33. The highest BCUT2D eigenvalue weighted by molar-refractivity contribution is 7.91. The van der Waals surface area contributed by atoms with Crippen molar-refractivity contribution in [3.63, 3.8) is 0 Å². The van der Waals surface area contributed by atoms with E-state index in [0.717, 1.165) is 5.69 Å². The van der Waals surface area contributed by atoms with Crippen molar-refractivity contribution in [3.05, 3.63) is 36.3 Å². The minimum Gasteiger partial charge on any atom is -0.363 e. The van der Waals surface area contributed by atoms with Crippen LogP contribution in [0.25, 0.3) is 0 Å². The van der Waals surface area contributed by atoms with E-state index in [1.807, 2.05) is 30.0 Å². The van der Waals surface area contributed by atoms with E-state index < -0.39 is 9.84 Å². The van der Waals surface area contributed by atoms with E-state index in [9.17, 15) is 8.42 Å². The highest BCUT2D eigenvalue weighted by atomic mass is 32.2. The standard InChI is InChI=1S/C15H20N6O2S/c1-2-21(13-6-8-24(22,23)11-13)15-19-14(10-18-20-15)17-9-12-5-3-4-7-16-12/h3-5,7,10,13H,2,6,8-9,11H2,1H3,(H,17,19,20). The van der Waals surface area contributed by atoms with Crippen LogP contribution < -0.4 is 10.2 Å². The largest absolute Gasteiger partial charge is 0.363 e. The summed E-state index contributed by atoms with van der Waals surface area (Å²) in [5.74, 6) is 1.41. The third-order valence-electron chi connectivity index (χ3n) is 3.97. The van der Waals surface area contributed by atoms with Crippen molar-refractivity contribution >= 4 is 21.6 Å². The molecule has 0 aromatic carbocycles. The van der Waals surface area contributed by atoms with Crippen LogP contribution in [-0.4, -0.2) is 52.7 Å². The summed E-state index contributed by atoms with van der Waals surface area (Å²) >= 11 is 0. The van der Waals surface area contributed by atoms with E-state index in [0.29, 0.717) is 31.3 Å². The lowest BCUT2D eigenvalue weighted by Gasteiger charge is -2.26. The summed E-state index contributed by atoms with van der Waals surface area (Å²) in [6.45, 7) is 3.12. The summed E-state index contributed by atoms with van der Waals surface area (Å²) in [6, 6.07) is 5.62. The highest BCUT2D eigenvalue weighted by Crippen LogP contribution is 2.21. The van der Waals surface area contributed by atoms with Gasteiger partial charge in [0.2, 0.25) is 5.95 Å². The van der Waals surface area contributed by atoms with E-state index in [1.54, 1.807) is 12.4 Å². The molecule has 0 amide bonds. The second-order valence-electron chi connectivity index (χ2n) is 5.66. The zero-order valence-corrected chi connectivity index (χ0v) is 14.3. The Balaban J connectivity index is 1.71. The molecule has 1 atom stereocenters. The molecule has 24 heavy (non-hydrogen) atoms. The van der Waals surface area contributed by atoms with Gasteiger partial charge < -0.3 is 10.2 Å². The van der Waals surface area contributed by atoms with Crippen molar-refractivity contribution in [2.75, 3.05) is 28.3 Å². The normalized spacial score (nSPS) is 19.1. The molecule has 128 valence electrons. The molecule has 1 fully saturated rings. The van der Waals surface area contributed by atoms with E-state index in [4.69, 9.17) is 0 Å². The smallest absolute Gasteiger partial charge is 0.247 e. The van der Waals surface area contributed by atoms with Crippen LogP contribution in [-0.2, 0) is 16.4 Å². The number of hydrogen-bond donors (Lipinski definition) is 1. The molecule has 0 radical (unpaired) electrons. The first kappa shape index (κ1) is 16.6. The quantitative estimate of drug-likeness (QED) is 0.821. The van der Waals surface area contributed by atoms with Crippen molar-refractivity contribution in [3.8, 4) is 0 Å². The Labute approximate surface area is 141 Å². The van der Waals surface area contributed by atoms with E-state index in [-0.39, 0.29) is 17.5 Å². The zero-order valence-electron chi connectivity index (χ0n) is 13.5. The van der Waals surface area contributed by atoms with Crippen LogP contribution in [0.2, 0.25) is 0 Å². The van der Waals surface area contributed by atoms with Gasteiger partial charge in [-0.3, -0.25) is 4.98 Å². The molecule has 1 saturated heterocycles. The van der Waals surface area contributed by atoms with E-state index in [1.165, 1.54) is 0 Å². The Hall–Kier alpha value is -2.29. The van der Waals surface area contributed by atoms with Crippen LogP contribution in [0.4, 0.5) is 11.8 Å². The van der Waals surface area contributed by atoms with Crippen molar-refractivity contribution in [2.24, 2.45) is 0 Å². The van der Waals surface area contributed by atoms with Gasteiger partial charge in [-0.05, 0) is 25.5 Å². The first-order valence-corrected chi connectivity index (χ1v) is 9.70. The van der Waals surface area contributed by atoms with Gasteiger partial charge >= 0.3 is 0 Å². The van der Waals surface area contributed by atoms with Gasteiger partial charge in [0.25, 0.3) is 0 Å². The second kappa shape index (κ2) is 7.08. The van der Waals surface area contributed by atoms with Crippen LogP contribution in [0.3, 0.4) is 0 Å². The molecular formula is C15H20N6O2S. The average Bonchev–Trinajstić information content (AvgIpc) is 2.95. The second-order valence-corrected chi connectivity index (χ2v) is 7.89. The fourth-order valence-corrected chi connectivity index (χ4v) is 4.50. The SMILES string of the molecule is CCN(c1nncc(NCc2ccccn2)n1)C1CCS(=O)(=O)C1. The average molecular weight is 348 g/mol. The molecule has 8 nitrogen and oxygen atoms in total. The lowest BCUT2D eigenvalue weighted by atomic mass is 10.2. The lowest BCUT2D eigenvalue weighted by molar-refractivity contribution is 0.598. The molecule has 1 aliphatic heterocycles. The summed E-state index contributed by atoms with van der Waals surface area (Å²) in [5, 5.41) is 11.2. The van der Waals surface area contributed by atoms with Gasteiger partial charge in [0.1, 0.15) is 0 Å². The van der Waals surface area contributed by atoms with Crippen LogP contribution in [0.1, 0.15) is 19.0 Å². The summed E-state index contributed by atoms with van der Waals surface area (Å²) < 4.78 is 23.4. The van der Waals surface area contributed by atoms with Gasteiger partial charge in [0, 0.05) is 18.8 Å².